The van der Waals surface area contributed by atoms with Gasteiger partial charge in [-0.1, -0.05) is 23.5 Å². The van der Waals surface area contributed by atoms with E-state index in [0.717, 1.165) is 11.1 Å². The lowest BCUT2D eigenvalue weighted by molar-refractivity contribution is -0.115. The van der Waals surface area contributed by atoms with Crippen LogP contribution in [0.1, 0.15) is 54.0 Å². The smallest absolute Gasteiger partial charge is 0.410 e. The fourth-order valence-electron chi connectivity index (χ4n) is 4.33. The number of hydrogen-bond acceptors (Lipinski definition) is 10. The van der Waals surface area contributed by atoms with Crippen molar-refractivity contribution >= 4 is 51.5 Å². The second-order valence-electron chi connectivity index (χ2n) is 12.5. The Morgan fingerprint density at radius 3 is 2.25 bits per heavy atom. The highest BCUT2D eigenvalue weighted by atomic mass is 32.1. The Morgan fingerprint density at radius 1 is 0.977 bits per heavy atom. The summed E-state index contributed by atoms with van der Waals surface area (Å²) in [5, 5.41) is 10.6. The highest BCUT2D eigenvalue weighted by Gasteiger charge is 2.27. The summed E-state index contributed by atoms with van der Waals surface area (Å²) in [7, 11) is 0. The van der Waals surface area contributed by atoms with Crippen LogP contribution in [-0.2, 0) is 14.3 Å². The van der Waals surface area contributed by atoms with E-state index in [0.29, 0.717) is 53.2 Å². The van der Waals surface area contributed by atoms with Crippen LogP contribution in [0.5, 0.6) is 0 Å². The fraction of sp³-hybridized carbons (Fsp3) is 0.467. The van der Waals surface area contributed by atoms with Crippen molar-refractivity contribution in [1.82, 2.24) is 24.8 Å². The van der Waals surface area contributed by atoms with E-state index in [1.807, 2.05) is 38.7 Å². The summed E-state index contributed by atoms with van der Waals surface area (Å²) in [6.07, 6.45) is -1.06. The predicted molar refractivity (Wildman–Crippen MR) is 170 cm³/mol. The maximum Gasteiger partial charge on any atom is 0.410 e. The third-order valence-electron chi connectivity index (χ3n) is 6.24. The molecule has 2 N–H and O–H groups in total. The van der Waals surface area contributed by atoms with Gasteiger partial charge >= 0.3 is 12.2 Å². The molecule has 0 saturated carbocycles. The molecule has 0 bridgehead atoms. The van der Waals surface area contributed by atoms with Gasteiger partial charge in [0.2, 0.25) is 10.9 Å². The zero-order chi connectivity index (χ0) is 32.4. The molecule has 3 amide bonds. The number of ether oxygens (including phenoxy) is 2. The number of carbonyl (C=O) groups excluding carboxylic acids is 3. The predicted octanol–water partition coefficient (Wildman–Crippen LogP) is 4.37. The molecule has 1 fully saturated rings. The topological polar surface area (TPSA) is 147 Å². The zero-order valence-electron chi connectivity index (χ0n) is 26.1. The molecule has 1 saturated heterocycles. The Bertz CT molecular complexity index is 1640. The number of nitrogens with zero attached hydrogens (tertiary/aromatic N) is 5. The van der Waals surface area contributed by atoms with E-state index in [9.17, 15) is 19.2 Å². The Balaban J connectivity index is 1.56. The Labute approximate surface area is 259 Å². The van der Waals surface area contributed by atoms with E-state index >= 15 is 0 Å². The van der Waals surface area contributed by atoms with Gasteiger partial charge in [0, 0.05) is 43.5 Å². The number of fused-ring (bicyclic) bond motifs is 1. The first kappa shape index (κ1) is 32.5. The lowest BCUT2D eigenvalue weighted by Crippen LogP contribution is -2.50. The van der Waals surface area contributed by atoms with Crippen LogP contribution in [-0.4, -0.2) is 81.5 Å². The van der Waals surface area contributed by atoms with Crippen LogP contribution in [0.15, 0.2) is 35.6 Å². The van der Waals surface area contributed by atoms with Crippen LogP contribution in [0.2, 0.25) is 0 Å². The highest BCUT2D eigenvalue weighted by Crippen LogP contribution is 2.32. The molecule has 2 aromatic heterocycles. The lowest BCUT2D eigenvalue weighted by Gasteiger charge is -2.36. The third kappa shape index (κ3) is 8.56. The quantitative estimate of drug-likeness (QED) is 0.407. The number of rotatable bonds is 6. The number of aromatic nitrogens is 3. The molecule has 0 aliphatic carbocycles. The highest BCUT2D eigenvalue weighted by molar-refractivity contribution is 7.19. The summed E-state index contributed by atoms with van der Waals surface area (Å²) in [6, 6.07) is 6.87. The molecule has 13 nitrogen and oxygen atoms in total. The molecule has 1 aliphatic rings. The minimum atomic E-state index is -0.692. The first-order valence-corrected chi connectivity index (χ1v) is 15.0. The van der Waals surface area contributed by atoms with Gasteiger partial charge < -0.3 is 29.9 Å². The summed E-state index contributed by atoms with van der Waals surface area (Å²) >= 11 is 1.24. The summed E-state index contributed by atoms with van der Waals surface area (Å²) in [5.41, 5.74) is 1.05. The standard InChI is InChI=1S/C30H39N7O6S/c1-18(2)19-13-20(15-21(14-19)32-23(39)17-31-27(40)42-29(3,4)5)25-34-37-24(16-22(38)33-26(37)44-25)35-9-11-36(12-10-35)28(41)43-30(6,7)8/h13-16H,1,9-12,17H2,2-8H3,(H,31,40)(H,32,39). The van der Waals surface area contributed by atoms with Gasteiger partial charge in [0.25, 0.3) is 5.56 Å². The van der Waals surface area contributed by atoms with Gasteiger partial charge in [0.05, 0.1) is 0 Å². The molecule has 0 atom stereocenters. The molecule has 236 valence electrons. The number of alkyl carbamates (subject to hydrolysis) is 1. The molecule has 44 heavy (non-hydrogen) atoms. The third-order valence-corrected chi connectivity index (χ3v) is 7.20. The number of anilines is 2. The first-order chi connectivity index (χ1) is 20.5. The number of amides is 3. The van der Waals surface area contributed by atoms with Crippen molar-refractivity contribution < 1.29 is 23.9 Å². The van der Waals surface area contributed by atoms with Crippen molar-refractivity contribution in [2.45, 2.75) is 59.7 Å². The van der Waals surface area contributed by atoms with Crippen molar-refractivity contribution in [3.05, 3.63) is 46.8 Å². The van der Waals surface area contributed by atoms with Crippen LogP contribution in [0, 0.1) is 0 Å². The van der Waals surface area contributed by atoms with Gasteiger partial charge in [-0.05, 0) is 72.2 Å². The molecular weight excluding hydrogens is 586 g/mol. The molecule has 0 spiro atoms. The molecule has 0 radical (unpaired) electrons. The van der Waals surface area contributed by atoms with Crippen molar-refractivity contribution in [2.24, 2.45) is 0 Å². The second kappa shape index (κ2) is 12.6. The molecule has 0 unspecified atom stereocenters. The average Bonchev–Trinajstić information content (AvgIpc) is 3.33. The summed E-state index contributed by atoms with van der Waals surface area (Å²) < 4.78 is 12.3. The molecule has 1 aromatic carbocycles. The summed E-state index contributed by atoms with van der Waals surface area (Å²) in [6.45, 7) is 18.1. The molecule has 3 aromatic rings. The van der Waals surface area contributed by atoms with Crippen molar-refractivity contribution in [3.8, 4) is 10.6 Å². The molecule has 3 heterocycles. The number of hydrogen-bond donors (Lipinski definition) is 2. The number of allylic oxidation sites excluding steroid dienone is 1. The maximum atomic E-state index is 12.6. The van der Waals surface area contributed by atoms with Gasteiger partial charge in [0.1, 0.15) is 28.6 Å². The molecule has 14 heteroatoms. The summed E-state index contributed by atoms with van der Waals surface area (Å²) in [4.78, 5) is 57.9. The first-order valence-electron chi connectivity index (χ1n) is 14.2. The van der Waals surface area contributed by atoms with Crippen LogP contribution >= 0.6 is 11.3 Å². The van der Waals surface area contributed by atoms with Gasteiger partial charge in [0.15, 0.2) is 0 Å². The van der Waals surface area contributed by atoms with E-state index in [2.05, 4.69) is 22.2 Å². The van der Waals surface area contributed by atoms with E-state index in [1.165, 1.54) is 17.4 Å². The van der Waals surface area contributed by atoms with E-state index in [1.54, 1.807) is 42.3 Å². The van der Waals surface area contributed by atoms with Crippen molar-refractivity contribution in [2.75, 3.05) is 42.9 Å². The monoisotopic (exact) mass is 625 g/mol. The van der Waals surface area contributed by atoms with Crippen LogP contribution < -0.4 is 21.1 Å². The maximum absolute atomic E-state index is 12.6. The van der Waals surface area contributed by atoms with E-state index in [-0.39, 0.29) is 12.6 Å². The number of benzene rings is 1. The number of piperazine rings is 1. The second-order valence-corrected chi connectivity index (χ2v) is 13.4. The van der Waals surface area contributed by atoms with Gasteiger partial charge in [-0.15, -0.1) is 0 Å². The minimum absolute atomic E-state index is 0.278. The lowest BCUT2D eigenvalue weighted by atomic mass is 10.0. The van der Waals surface area contributed by atoms with Gasteiger partial charge in [-0.25, -0.2) is 9.59 Å². The Morgan fingerprint density at radius 2 is 1.64 bits per heavy atom. The van der Waals surface area contributed by atoms with E-state index < -0.39 is 28.8 Å². The van der Waals surface area contributed by atoms with Gasteiger partial charge in [-0.3, -0.25) is 9.59 Å². The minimum Gasteiger partial charge on any atom is -0.444 e. The molecule has 4 rings (SSSR count). The normalized spacial score (nSPS) is 13.9. The van der Waals surface area contributed by atoms with Crippen LogP contribution in [0.4, 0.5) is 21.1 Å². The Kier molecular flexibility index (Phi) is 9.33. The average molecular weight is 626 g/mol. The Hall–Kier alpha value is -4.46. The van der Waals surface area contributed by atoms with Crippen LogP contribution in [0.3, 0.4) is 0 Å². The summed E-state index contributed by atoms with van der Waals surface area (Å²) in [5.74, 6) is 0.133. The van der Waals surface area contributed by atoms with Crippen molar-refractivity contribution in [1.29, 1.82) is 0 Å². The zero-order valence-corrected chi connectivity index (χ0v) is 27.0. The number of nitrogens with one attached hydrogen (secondary N) is 2. The molecular formula is C30H39N7O6S. The molecule has 1 aliphatic heterocycles. The SMILES string of the molecule is C=C(C)c1cc(NC(=O)CNC(=O)OC(C)(C)C)cc(-c2nn3c(N4CCN(C(=O)OC(C)(C)C)CC4)cc(=O)nc3s2)c1. The fourth-order valence-corrected chi connectivity index (χ4v) is 5.22. The number of carbonyl (C=O) groups is 3. The van der Waals surface area contributed by atoms with Gasteiger partial charge in [-0.2, -0.15) is 14.6 Å². The van der Waals surface area contributed by atoms with Crippen LogP contribution in [0.25, 0.3) is 21.1 Å². The van der Waals surface area contributed by atoms with E-state index in [4.69, 9.17) is 14.6 Å². The largest absolute Gasteiger partial charge is 0.444 e. The van der Waals surface area contributed by atoms with Crippen molar-refractivity contribution in [3.63, 3.8) is 0 Å².